The van der Waals surface area contributed by atoms with Crippen LogP contribution in [-0.4, -0.2) is 23.7 Å². The highest BCUT2D eigenvalue weighted by atomic mass is 16.5. The zero-order valence-electron chi connectivity index (χ0n) is 14.6. The Labute approximate surface area is 143 Å². The van der Waals surface area contributed by atoms with E-state index in [4.69, 9.17) is 4.74 Å². The van der Waals surface area contributed by atoms with Crippen LogP contribution in [0.1, 0.15) is 50.5 Å². The molecule has 0 heterocycles. The number of hydrogen-bond acceptors (Lipinski definition) is 3. The van der Waals surface area contributed by atoms with E-state index in [0.717, 1.165) is 43.4 Å². The van der Waals surface area contributed by atoms with Gasteiger partial charge in [0.05, 0.1) is 18.4 Å². The summed E-state index contributed by atoms with van der Waals surface area (Å²) in [5, 5.41) is 13.9. The molecule has 4 bridgehead atoms. The number of aryl methyl sites for hydroxylation is 1. The topological polar surface area (TPSA) is 58.6 Å². The van der Waals surface area contributed by atoms with E-state index in [9.17, 15) is 9.90 Å². The van der Waals surface area contributed by atoms with Gasteiger partial charge in [0.2, 0.25) is 5.91 Å². The second kappa shape index (κ2) is 5.48. The Bertz CT molecular complexity index is 655. The lowest BCUT2D eigenvalue weighted by molar-refractivity contribution is -0.167. The van der Waals surface area contributed by atoms with Gasteiger partial charge < -0.3 is 15.2 Å². The Morgan fingerprint density at radius 3 is 2.62 bits per heavy atom. The molecule has 4 aliphatic carbocycles. The molecule has 0 aliphatic heterocycles. The van der Waals surface area contributed by atoms with Crippen LogP contribution in [-0.2, 0) is 4.79 Å². The lowest BCUT2D eigenvalue weighted by Gasteiger charge is -2.60. The Hall–Kier alpha value is -1.55. The van der Waals surface area contributed by atoms with Gasteiger partial charge in [-0.15, -0.1) is 0 Å². The van der Waals surface area contributed by atoms with Crippen LogP contribution in [0.4, 0.5) is 5.69 Å². The molecule has 5 rings (SSSR count). The minimum absolute atomic E-state index is 0.0000230. The van der Waals surface area contributed by atoms with Crippen molar-refractivity contribution in [1.29, 1.82) is 0 Å². The monoisotopic (exact) mass is 329 g/mol. The van der Waals surface area contributed by atoms with Gasteiger partial charge in [0.1, 0.15) is 5.75 Å². The molecule has 0 saturated heterocycles. The zero-order valence-corrected chi connectivity index (χ0v) is 14.6. The summed E-state index contributed by atoms with van der Waals surface area (Å²) in [5.74, 6) is 1.96. The number of methoxy groups -OCH3 is 1. The number of carbonyl (C=O) groups is 1. The van der Waals surface area contributed by atoms with Gasteiger partial charge in [0.15, 0.2) is 0 Å². The van der Waals surface area contributed by atoms with Gasteiger partial charge in [0, 0.05) is 6.42 Å². The third-order valence-electron chi connectivity index (χ3n) is 6.32. The van der Waals surface area contributed by atoms with E-state index >= 15 is 0 Å². The number of benzene rings is 1. The molecular weight excluding hydrogens is 302 g/mol. The van der Waals surface area contributed by atoms with E-state index in [1.165, 1.54) is 6.42 Å². The van der Waals surface area contributed by atoms with Crippen LogP contribution in [0.15, 0.2) is 18.2 Å². The van der Waals surface area contributed by atoms with Crippen molar-refractivity contribution in [3.05, 3.63) is 23.8 Å². The number of ether oxygens (including phenoxy) is 1. The fourth-order valence-corrected chi connectivity index (χ4v) is 6.06. The van der Waals surface area contributed by atoms with Gasteiger partial charge in [-0.1, -0.05) is 6.07 Å². The first-order chi connectivity index (χ1) is 11.4. The molecule has 4 heteroatoms. The minimum Gasteiger partial charge on any atom is -0.495 e. The molecule has 1 amide bonds. The molecule has 2 unspecified atom stereocenters. The van der Waals surface area contributed by atoms with Gasteiger partial charge in [0.25, 0.3) is 0 Å². The molecular formula is C20H27NO3. The number of carbonyl (C=O) groups excluding carboxylic acids is 1. The first-order valence-electron chi connectivity index (χ1n) is 9.06. The number of rotatable bonds is 4. The standard InChI is InChI=1S/C20H27NO3/c1-13-3-4-17(24-2)16(5-13)21-18(22)11-19-7-14-6-15(8-19)10-20(23,9-14)12-19/h3-5,14-15,23H,6-12H2,1-2H3,(H,21,22)/t14-,15+,19?,20?. The van der Waals surface area contributed by atoms with Crippen molar-refractivity contribution in [3.8, 4) is 5.75 Å². The van der Waals surface area contributed by atoms with Crippen LogP contribution in [0.3, 0.4) is 0 Å². The van der Waals surface area contributed by atoms with Crippen LogP contribution < -0.4 is 10.1 Å². The summed E-state index contributed by atoms with van der Waals surface area (Å²) in [6.07, 6.45) is 6.65. The van der Waals surface area contributed by atoms with E-state index in [2.05, 4.69) is 5.32 Å². The SMILES string of the molecule is COc1ccc(C)cc1NC(=O)CC12C[C@@H]3C[C@@H](CC(O)(C3)C1)C2. The normalized spacial score (nSPS) is 36.6. The molecule has 4 atom stereocenters. The predicted molar refractivity (Wildman–Crippen MR) is 93.0 cm³/mol. The molecule has 1 aromatic carbocycles. The zero-order chi connectivity index (χ0) is 16.9. The van der Waals surface area contributed by atoms with Crippen LogP contribution in [0, 0.1) is 24.2 Å². The second-order valence-electron chi connectivity index (χ2n) is 8.61. The summed E-state index contributed by atoms with van der Waals surface area (Å²) in [5.41, 5.74) is 1.33. The largest absolute Gasteiger partial charge is 0.495 e. The van der Waals surface area contributed by atoms with Crippen molar-refractivity contribution in [2.75, 3.05) is 12.4 Å². The van der Waals surface area contributed by atoms with E-state index in [1.54, 1.807) is 7.11 Å². The summed E-state index contributed by atoms with van der Waals surface area (Å²) in [6.45, 7) is 2.00. The first kappa shape index (κ1) is 15.9. The lowest BCUT2D eigenvalue weighted by Crippen LogP contribution is -2.56. The van der Waals surface area contributed by atoms with E-state index in [1.807, 2.05) is 25.1 Å². The van der Waals surface area contributed by atoms with Crippen molar-refractivity contribution >= 4 is 11.6 Å². The smallest absolute Gasteiger partial charge is 0.225 e. The molecule has 1 aromatic rings. The molecule has 0 spiro atoms. The van der Waals surface area contributed by atoms with Gasteiger partial charge >= 0.3 is 0 Å². The van der Waals surface area contributed by atoms with Crippen LogP contribution >= 0.6 is 0 Å². The number of nitrogens with one attached hydrogen (secondary N) is 1. The molecule has 4 saturated carbocycles. The van der Waals surface area contributed by atoms with Crippen LogP contribution in [0.5, 0.6) is 5.75 Å². The summed E-state index contributed by atoms with van der Waals surface area (Å²) in [7, 11) is 1.62. The van der Waals surface area contributed by atoms with E-state index < -0.39 is 5.60 Å². The molecule has 24 heavy (non-hydrogen) atoms. The Morgan fingerprint density at radius 1 is 1.29 bits per heavy atom. The van der Waals surface area contributed by atoms with Gasteiger partial charge in [-0.05, 0) is 80.4 Å². The average molecular weight is 329 g/mol. The Morgan fingerprint density at radius 2 is 2.00 bits per heavy atom. The molecule has 0 radical (unpaired) electrons. The Balaban J connectivity index is 1.50. The summed E-state index contributed by atoms with van der Waals surface area (Å²) in [6, 6.07) is 5.81. The third-order valence-corrected chi connectivity index (χ3v) is 6.32. The summed E-state index contributed by atoms with van der Waals surface area (Å²) < 4.78 is 5.36. The maximum absolute atomic E-state index is 12.7. The number of anilines is 1. The van der Waals surface area contributed by atoms with Crippen molar-refractivity contribution < 1.29 is 14.6 Å². The average Bonchev–Trinajstić information content (AvgIpc) is 2.43. The molecule has 4 aliphatic rings. The number of amides is 1. The number of aliphatic hydroxyl groups is 1. The van der Waals surface area contributed by atoms with Gasteiger partial charge in [-0.25, -0.2) is 0 Å². The third kappa shape index (κ3) is 2.81. The highest BCUT2D eigenvalue weighted by molar-refractivity contribution is 5.92. The van der Waals surface area contributed by atoms with Crippen molar-refractivity contribution in [2.45, 2.75) is 57.5 Å². The molecule has 2 N–H and O–H groups in total. The van der Waals surface area contributed by atoms with Crippen molar-refractivity contribution in [3.63, 3.8) is 0 Å². The van der Waals surface area contributed by atoms with E-state index in [-0.39, 0.29) is 11.3 Å². The highest BCUT2D eigenvalue weighted by Gasteiger charge is 2.57. The van der Waals surface area contributed by atoms with Crippen molar-refractivity contribution in [1.82, 2.24) is 0 Å². The maximum Gasteiger partial charge on any atom is 0.225 e. The fraction of sp³-hybridized carbons (Fsp3) is 0.650. The summed E-state index contributed by atoms with van der Waals surface area (Å²) >= 11 is 0. The van der Waals surface area contributed by atoms with E-state index in [0.29, 0.717) is 24.0 Å². The van der Waals surface area contributed by atoms with Crippen LogP contribution in [0.2, 0.25) is 0 Å². The Kier molecular flexibility index (Phi) is 3.64. The predicted octanol–water partition coefficient (Wildman–Crippen LogP) is 3.66. The fourth-order valence-electron chi connectivity index (χ4n) is 6.06. The molecule has 4 nitrogen and oxygen atoms in total. The minimum atomic E-state index is -0.509. The second-order valence-corrected chi connectivity index (χ2v) is 8.61. The van der Waals surface area contributed by atoms with Crippen LogP contribution in [0.25, 0.3) is 0 Å². The molecule has 4 fully saturated rings. The number of hydrogen-bond donors (Lipinski definition) is 2. The quantitative estimate of drug-likeness (QED) is 0.886. The molecule has 0 aromatic heterocycles. The van der Waals surface area contributed by atoms with Gasteiger partial charge in [-0.3, -0.25) is 4.79 Å². The molecule has 130 valence electrons. The maximum atomic E-state index is 12.7. The summed E-state index contributed by atoms with van der Waals surface area (Å²) in [4.78, 5) is 12.7. The van der Waals surface area contributed by atoms with Gasteiger partial charge in [-0.2, -0.15) is 0 Å². The first-order valence-corrected chi connectivity index (χ1v) is 9.06. The lowest BCUT2D eigenvalue weighted by atomic mass is 9.47. The highest BCUT2D eigenvalue weighted by Crippen LogP contribution is 2.62. The van der Waals surface area contributed by atoms with Crippen molar-refractivity contribution in [2.24, 2.45) is 17.3 Å².